The molecule has 0 spiro atoms. The van der Waals surface area contributed by atoms with Crippen LogP contribution in [0.25, 0.3) is 0 Å². The molecule has 1 aromatic heterocycles. The van der Waals surface area contributed by atoms with Gasteiger partial charge in [-0.1, -0.05) is 0 Å². The molecule has 0 aromatic carbocycles. The highest BCUT2D eigenvalue weighted by atomic mass is 16.5. The number of amides is 2. The molecule has 8 nitrogen and oxygen atoms in total. The number of ether oxygens (including phenoxy) is 1. The summed E-state index contributed by atoms with van der Waals surface area (Å²) >= 11 is 0. The second kappa shape index (κ2) is 5.16. The largest absolute Gasteiger partial charge is 0.381 e. The SMILES string of the molecule is Cc1cc(=O)c(C(=O)NC2CN(C(=O)C3[C@H]4COC[C@@H]34)C2)n[nH]1. The van der Waals surface area contributed by atoms with E-state index in [0.717, 1.165) is 0 Å². The molecule has 2 saturated heterocycles. The normalized spacial score (nSPS) is 28.9. The maximum atomic E-state index is 12.3. The van der Waals surface area contributed by atoms with E-state index < -0.39 is 11.3 Å². The zero-order valence-electron chi connectivity index (χ0n) is 12.7. The molecule has 23 heavy (non-hydrogen) atoms. The Balaban J connectivity index is 1.30. The van der Waals surface area contributed by atoms with Gasteiger partial charge in [-0.25, -0.2) is 0 Å². The molecule has 1 aromatic rings. The monoisotopic (exact) mass is 318 g/mol. The van der Waals surface area contributed by atoms with Crippen molar-refractivity contribution in [3.63, 3.8) is 0 Å². The Kier molecular flexibility index (Phi) is 3.22. The summed E-state index contributed by atoms with van der Waals surface area (Å²) in [6.45, 7) is 4.06. The number of H-pyrrole nitrogens is 1. The zero-order chi connectivity index (χ0) is 16.1. The number of likely N-dealkylation sites (tertiary alicyclic amines) is 1. The third-order valence-corrected chi connectivity index (χ3v) is 4.91. The quantitative estimate of drug-likeness (QED) is 0.737. The van der Waals surface area contributed by atoms with E-state index in [2.05, 4.69) is 15.5 Å². The van der Waals surface area contributed by atoms with Gasteiger partial charge in [-0.05, 0) is 18.8 Å². The lowest BCUT2D eigenvalue weighted by Crippen LogP contribution is -2.61. The summed E-state index contributed by atoms with van der Waals surface area (Å²) in [5, 5.41) is 9.14. The molecule has 2 N–H and O–H groups in total. The van der Waals surface area contributed by atoms with Crippen LogP contribution in [0.5, 0.6) is 0 Å². The van der Waals surface area contributed by atoms with Crippen molar-refractivity contribution in [3.8, 4) is 0 Å². The maximum Gasteiger partial charge on any atom is 0.276 e. The third kappa shape index (κ3) is 2.42. The van der Waals surface area contributed by atoms with E-state index >= 15 is 0 Å². The van der Waals surface area contributed by atoms with Crippen LogP contribution in [0, 0.1) is 24.7 Å². The van der Waals surface area contributed by atoms with E-state index in [1.165, 1.54) is 6.07 Å². The number of hydrogen-bond acceptors (Lipinski definition) is 5. The van der Waals surface area contributed by atoms with Crippen LogP contribution >= 0.6 is 0 Å². The van der Waals surface area contributed by atoms with Crippen molar-refractivity contribution >= 4 is 11.8 Å². The van der Waals surface area contributed by atoms with Crippen molar-refractivity contribution in [1.82, 2.24) is 20.4 Å². The predicted octanol–water partition coefficient (Wildman–Crippen LogP) is -1.09. The second-order valence-electron chi connectivity index (χ2n) is 6.57. The minimum absolute atomic E-state index is 0.113. The van der Waals surface area contributed by atoms with Gasteiger partial charge in [-0.2, -0.15) is 5.10 Å². The molecule has 8 heteroatoms. The molecular weight excluding hydrogens is 300 g/mol. The van der Waals surface area contributed by atoms with Gasteiger partial charge >= 0.3 is 0 Å². The smallest absolute Gasteiger partial charge is 0.276 e. The number of carbonyl (C=O) groups excluding carboxylic acids is 2. The van der Waals surface area contributed by atoms with Gasteiger partial charge < -0.3 is 15.0 Å². The first-order valence-electron chi connectivity index (χ1n) is 7.78. The topological polar surface area (TPSA) is 104 Å². The molecule has 0 radical (unpaired) electrons. The molecule has 4 rings (SSSR count). The predicted molar refractivity (Wildman–Crippen MR) is 78.7 cm³/mol. The minimum Gasteiger partial charge on any atom is -0.381 e. The summed E-state index contributed by atoms with van der Waals surface area (Å²) in [6.07, 6.45) is 0. The van der Waals surface area contributed by atoms with E-state index in [-0.39, 0.29) is 23.6 Å². The summed E-state index contributed by atoms with van der Waals surface area (Å²) in [5.41, 5.74) is 0.0528. The number of aromatic amines is 1. The highest BCUT2D eigenvalue weighted by Gasteiger charge is 2.59. The van der Waals surface area contributed by atoms with Gasteiger partial charge in [0.05, 0.1) is 19.3 Å². The van der Waals surface area contributed by atoms with Gasteiger partial charge in [0.1, 0.15) is 0 Å². The summed E-state index contributed by atoms with van der Waals surface area (Å²) < 4.78 is 5.29. The number of rotatable bonds is 3. The van der Waals surface area contributed by atoms with Crippen molar-refractivity contribution in [1.29, 1.82) is 0 Å². The minimum atomic E-state index is -0.500. The fourth-order valence-electron chi connectivity index (χ4n) is 3.48. The Labute approximate surface area is 132 Å². The van der Waals surface area contributed by atoms with Crippen LogP contribution in [-0.2, 0) is 9.53 Å². The molecule has 0 bridgehead atoms. The Morgan fingerprint density at radius 3 is 2.70 bits per heavy atom. The van der Waals surface area contributed by atoms with Crippen LogP contribution in [0.1, 0.15) is 16.2 Å². The highest BCUT2D eigenvalue weighted by Crippen LogP contribution is 2.51. The molecule has 3 aliphatic rings. The lowest BCUT2D eigenvalue weighted by molar-refractivity contribution is -0.138. The Bertz CT molecular complexity index is 714. The molecule has 3 atom stereocenters. The van der Waals surface area contributed by atoms with Crippen molar-refractivity contribution < 1.29 is 14.3 Å². The number of aryl methyl sites for hydroxylation is 1. The molecule has 2 amide bonds. The summed E-state index contributed by atoms with van der Waals surface area (Å²) in [6, 6.07) is 1.22. The van der Waals surface area contributed by atoms with Gasteiger partial charge in [0.25, 0.3) is 5.91 Å². The maximum absolute atomic E-state index is 12.3. The van der Waals surface area contributed by atoms with E-state index in [9.17, 15) is 14.4 Å². The van der Waals surface area contributed by atoms with Crippen LogP contribution in [-0.4, -0.2) is 59.3 Å². The standard InChI is InChI=1S/C15H18N4O4/c1-7-2-11(20)13(18-17-7)14(21)16-8-3-19(4-8)15(22)12-9-5-23-6-10(9)12/h2,8-10,12H,3-6H2,1H3,(H,16,21)(H,17,20)/t9-,10+,12?. The molecule has 1 aliphatic carbocycles. The summed E-state index contributed by atoms with van der Waals surface area (Å²) in [4.78, 5) is 37.8. The molecule has 1 unspecified atom stereocenters. The number of aromatic nitrogens is 2. The Hall–Kier alpha value is -2.22. The second-order valence-corrected chi connectivity index (χ2v) is 6.57. The molecular formula is C15H18N4O4. The average Bonchev–Trinajstić information content (AvgIpc) is 2.94. The van der Waals surface area contributed by atoms with Crippen molar-refractivity contribution in [2.75, 3.05) is 26.3 Å². The van der Waals surface area contributed by atoms with Crippen LogP contribution in [0.3, 0.4) is 0 Å². The number of hydrogen-bond donors (Lipinski definition) is 2. The number of carbonyl (C=O) groups is 2. The van der Waals surface area contributed by atoms with Crippen molar-refractivity contribution in [3.05, 3.63) is 27.7 Å². The molecule has 122 valence electrons. The van der Waals surface area contributed by atoms with E-state index in [0.29, 0.717) is 43.8 Å². The fraction of sp³-hybridized carbons (Fsp3) is 0.600. The van der Waals surface area contributed by atoms with Crippen molar-refractivity contribution in [2.24, 2.45) is 17.8 Å². The number of nitrogens with zero attached hydrogens (tertiary/aromatic N) is 2. The Morgan fingerprint density at radius 2 is 2.04 bits per heavy atom. The highest BCUT2D eigenvalue weighted by molar-refractivity contribution is 5.92. The molecule has 3 fully saturated rings. The molecule has 3 heterocycles. The Morgan fingerprint density at radius 1 is 1.35 bits per heavy atom. The first kappa shape index (κ1) is 14.4. The van der Waals surface area contributed by atoms with E-state index in [1.807, 2.05) is 0 Å². The van der Waals surface area contributed by atoms with Gasteiger partial charge in [0, 0.05) is 30.8 Å². The molecule has 2 aliphatic heterocycles. The lowest BCUT2D eigenvalue weighted by atomic mass is 10.1. The van der Waals surface area contributed by atoms with Gasteiger partial charge in [0.2, 0.25) is 11.3 Å². The van der Waals surface area contributed by atoms with Crippen LogP contribution in [0.15, 0.2) is 10.9 Å². The van der Waals surface area contributed by atoms with Gasteiger partial charge in [0.15, 0.2) is 5.69 Å². The van der Waals surface area contributed by atoms with Crippen LogP contribution in [0.2, 0.25) is 0 Å². The van der Waals surface area contributed by atoms with Gasteiger partial charge in [-0.3, -0.25) is 19.5 Å². The average molecular weight is 318 g/mol. The summed E-state index contributed by atoms with van der Waals surface area (Å²) in [7, 11) is 0. The van der Waals surface area contributed by atoms with Crippen molar-refractivity contribution in [2.45, 2.75) is 13.0 Å². The van der Waals surface area contributed by atoms with Crippen LogP contribution < -0.4 is 10.7 Å². The summed E-state index contributed by atoms with van der Waals surface area (Å²) in [5.74, 6) is 0.570. The number of nitrogens with one attached hydrogen (secondary N) is 2. The zero-order valence-corrected chi connectivity index (χ0v) is 12.7. The first-order valence-corrected chi connectivity index (χ1v) is 7.78. The first-order chi connectivity index (χ1) is 11.0. The lowest BCUT2D eigenvalue weighted by Gasteiger charge is -2.39. The molecule has 1 saturated carbocycles. The fourth-order valence-corrected chi connectivity index (χ4v) is 3.48. The number of fused-ring (bicyclic) bond motifs is 1. The van der Waals surface area contributed by atoms with E-state index in [4.69, 9.17) is 4.74 Å². The van der Waals surface area contributed by atoms with E-state index in [1.54, 1.807) is 11.8 Å². The van der Waals surface area contributed by atoms with Gasteiger partial charge in [-0.15, -0.1) is 0 Å². The van der Waals surface area contributed by atoms with Crippen LogP contribution in [0.4, 0.5) is 0 Å². The third-order valence-electron chi connectivity index (χ3n) is 4.91.